The van der Waals surface area contributed by atoms with Crippen molar-refractivity contribution in [3.05, 3.63) is 48.3 Å². The first-order valence-electron chi connectivity index (χ1n) is 6.83. The van der Waals surface area contributed by atoms with Crippen LogP contribution >= 0.6 is 0 Å². The highest BCUT2D eigenvalue weighted by molar-refractivity contribution is 5.67. The van der Waals surface area contributed by atoms with Gasteiger partial charge in [0.05, 0.1) is 25.8 Å². The summed E-state index contributed by atoms with van der Waals surface area (Å²) in [5.74, 6) is -0.813. The number of carboxylic acid groups (broad SMARTS) is 1. The molecule has 0 aliphatic carbocycles. The third-order valence-electron chi connectivity index (χ3n) is 3.11. The number of rotatable bonds is 8. The van der Waals surface area contributed by atoms with Crippen molar-refractivity contribution in [2.24, 2.45) is 0 Å². The van der Waals surface area contributed by atoms with Crippen molar-refractivity contribution in [2.75, 3.05) is 18.1 Å². The van der Waals surface area contributed by atoms with E-state index in [-0.39, 0.29) is 13.0 Å². The van der Waals surface area contributed by atoms with Gasteiger partial charge >= 0.3 is 5.97 Å². The number of aromatic nitrogens is 2. The quantitative estimate of drug-likeness (QED) is 0.767. The SMILES string of the molecule is O=C(O)CCN(Cc1cnn(CCO)c1)c1ccccc1. The lowest BCUT2D eigenvalue weighted by Gasteiger charge is -2.23. The van der Waals surface area contributed by atoms with E-state index in [0.717, 1.165) is 11.3 Å². The first-order valence-corrected chi connectivity index (χ1v) is 6.83. The monoisotopic (exact) mass is 289 g/mol. The van der Waals surface area contributed by atoms with Crippen molar-refractivity contribution in [2.45, 2.75) is 19.5 Å². The largest absolute Gasteiger partial charge is 0.481 e. The van der Waals surface area contributed by atoms with Crippen LogP contribution in [0.25, 0.3) is 0 Å². The molecule has 2 aromatic rings. The molecule has 1 aromatic heterocycles. The summed E-state index contributed by atoms with van der Waals surface area (Å²) in [6.07, 6.45) is 3.69. The van der Waals surface area contributed by atoms with Gasteiger partial charge in [-0.25, -0.2) is 0 Å². The second kappa shape index (κ2) is 7.44. The molecule has 0 saturated heterocycles. The molecule has 21 heavy (non-hydrogen) atoms. The molecule has 6 heteroatoms. The molecular formula is C15H19N3O3. The van der Waals surface area contributed by atoms with Gasteiger partial charge in [-0.15, -0.1) is 0 Å². The Morgan fingerprint density at radius 3 is 2.71 bits per heavy atom. The minimum Gasteiger partial charge on any atom is -0.481 e. The third-order valence-corrected chi connectivity index (χ3v) is 3.11. The maximum Gasteiger partial charge on any atom is 0.305 e. The molecule has 2 N–H and O–H groups in total. The van der Waals surface area contributed by atoms with E-state index in [1.165, 1.54) is 0 Å². The van der Waals surface area contributed by atoms with E-state index >= 15 is 0 Å². The number of hydrogen-bond acceptors (Lipinski definition) is 4. The Labute approximate surface area is 123 Å². The molecular weight excluding hydrogens is 270 g/mol. The van der Waals surface area contributed by atoms with Crippen molar-refractivity contribution in [3.8, 4) is 0 Å². The first-order chi connectivity index (χ1) is 10.2. The van der Waals surface area contributed by atoms with Gasteiger partial charge in [0.1, 0.15) is 0 Å². The Hall–Kier alpha value is -2.34. The lowest BCUT2D eigenvalue weighted by Crippen LogP contribution is -2.25. The van der Waals surface area contributed by atoms with Gasteiger partial charge in [0, 0.05) is 30.5 Å². The van der Waals surface area contributed by atoms with Gasteiger partial charge in [-0.1, -0.05) is 18.2 Å². The van der Waals surface area contributed by atoms with Crippen LogP contribution in [0.15, 0.2) is 42.7 Å². The molecule has 0 atom stereocenters. The molecule has 0 bridgehead atoms. The van der Waals surface area contributed by atoms with Crippen LogP contribution in [-0.4, -0.2) is 39.1 Å². The average molecular weight is 289 g/mol. The topological polar surface area (TPSA) is 78.6 Å². The third kappa shape index (κ3) is 4.61. The summed E-state index contributed by atoms with van der Waals surface area (Å²) in [4.78, 5) is 12.8. The van der Waals surface area contributed by atoms with E-state index in [0.29, 0.717) is 19.6 Å². The number of carbonyl (C=O) groups is 1. The van der Waals surface area contributed by atoms with Crippen LogP contribution in [-0.2, 0) is 17.9 Å². The summed E-state index contributed by atoms with van der Waals surface area (Å²) in [5, 5.41) is 21.9. The van der Waals surface area contributed by atoms with Crippen molar-refractivity contribution < 1.29 is 15.0 Å². The fraction of sp³-hybridized carbons (Fsp3) is 0.333. The van der Waals surface area contributed by atoms with Crippen LogP contribution in [0.2, 0.25) is 0 Å². The summed E-state index contributed by atoms with van der Waals surface area (Å²) in [5.41, 5.74) is 1.96. The zero-order valence-corrected chi connectivity index (χ0v) is 11.7. The van der Waals surface area contributed by atoms with Crippen LogP contribution in [0.4, 0.5) is 5.69 Å². The van der Waals surface area contributed by atoms with Gasteiger partial charge in [0.25, 0.3) is 0 Å². The first kappa shape index (κ1) is 15.1. The molecule has 0 saturated carbocycles. The number of aliphatic carboxylic acids is 1. The van der Waals surface area contributed by atoms with Gasteiger partial charge < -0.3 is 15.1 Å². The molecule has 0 unspecified atom stereocenters. The number of para-hydroxylation sites is 1. The summed E-state index contributed by atoms with van der Waals surface area (Å²) < 4.78 is 1.68. The van der Waals surface area contributed by atoms with E-state index in [1.807, 2.05) is 41.4 Å². The zero-order chi connectivity index (χ0) is 15.1. The van der Waals surface area contributed by atoms with Crippen LogP contribution in [0.5, 0.6) is 0 Å². The molecule has 0 aliphatic heterocycles. The number of aliphatic hydroxyl groups excluding tert-OH is 1. The number of aliphatic hydroxyl groups is 1. The highest BCUT2D eigenvalue weighted by Crippen LogP contribution is 2.17. The van der Waals surface area contributed by atoms with Crippen molar-refractivity contribution in [3.63, 3.8) is 0 Å². The molecule has 0 spiro atoms. The molecule has 6 nitrogen and oxygen atoms in total. The highest BCUT2D eigenvalue weighted by Gasteiger charge is 2.10. The zero-order valence-electron chi connectivity index (χ0n) is 11.7. The van der Waals surface area contributed by atoms with Gasteiger partial charge in [-0.2, -0.15) is 5.10 Å². The van der Waals surface area contributed by atoms with E-state index in [4.69, 9.17) is 10.2 Å². The van der Waals surface area contributed by atoms with E-state index in [9.17, 15) is 4.79 Å². The Balaban J connectivity index is 2.09. The Bertz CT molecular complexity index is 569. The van der Waals surface area contributed by atoms with Crippen LogP contribution < -0.4 is 4.90 Å². The highest BCUT2D eigenvalue weighted by atomic mass is 16.4. The summed E-state index contributed by atoms with van der Waals surface area (Å²) in [6, 6.07) is 9.70. The Morgan fingerprint density at radius 2 is 2.05 bits per heavy atom. The number of benzene rings is 1. The average Bonchev–Trinajstić information content (AvgIpc) is 2.92. The lowest BCUT2D eigenvalue weighted by molar-refractivity contribution is -0.136. The molecule has 2 rings (SSSR count). The Kier molecular flexibility index (Phi) is 5.34. The second-order valence-electron chi connectivity index (χ2n) is 4.74. The van der Waals surface area contributed by atoms with Crippen molar-refractivity contribution >= 4 is 11.7 Å². The van der Waals surface area contributed by atoms with E-state index in [2.05, 4.69) is 5.10 Å². The predicted molar refractivity (Wildman–Crippen MR) is 79.1 cm³/mol. The molecule has 1 heterocycles. The van der Waals surface area contributed by atoms with Crippen LogP contribution in [0, 0.1) is 0 Å². The van der Waals surface area contributed by atoms with Gasteiger partial charge in [0.2, 0.25) is 0 Å². The fourth-order valence-corrected chi connectivity index (χ4v) is 2.10. The number of carboxylic acids is 1. The standard InChI is InChI=1S/C15H19N3O3/c19-9-8-18-12-13(10-16-18)11-17(7-6-15(20)21)14-4-2-1-3-5-14/h1-5,10,12,19H,6-9,11H2,(H,20,21). The van der Waals surface area contributed by atoms with Crippen molar-refractivity contribution in [1.82, 2.24) is 9.78 Å². The van der Waals surface area contributed by atoms with Crippen LogP contribution in [0.3, 0.4) is 0 Å². The maximum absolute atomic E-state index is 10.8. The normalized spacial score (nSPS) is 10.5. The number of hydrogen-bond donors (Lipinski definition) is 2. The minimum absolute atomic E-state index is 0.0442. The molecule has 0 amide bonds. The summed E-state index contributed by atoms with van der Waals surface area (Å²) >= 11 is 0. The lowest BCUT2D eigenvalue weighted by atomic mass is 10.2. The summed E-state index contributed by atoms with van der Waals surface area (Å²) in [6.45, 7) is 1.52. The molecule has 112 valence electrons. The number of anilines is 1. The minimum atomic E-state index is -0.813. The van der Waals surface area contributed by atoms with Crippen LogP contribution in [0.1, 0.15) is 12.0 Å². The maximum atomic E-state index is 10.8. The van der Waals surface area contributed by atoms with Gasteiger partial charge in [0.15, 0.2) is 0 Å². The predicted octanol–water partition coefficient (Wildman–Crippen LogP) is 1.36. The summed E-state index contributed by atoms with van der Waals surface area (Å²) in [7, 11) is 0. The smallest absolute Gasteiger partial charge is 0.305 e. The van der Waals surface area contributed by atoms with Crippen molar-refractivity contribution in [1.29, 1.82) is 0 Å². The number of nitrogens with zero attached hydrogens (tertiary/aromatic N) is 3. The van der Waals surface area contributed by atoms with Gasteiger partial charge in [-0.05, 0) is 12.1 Å². The van der Waals surface area contributed by atoms with Gasteiger partial charge in [-0.3, -0.25) is 9.48 Å². The fourth-order valence-electron chi connectivity index (χ4n) is 2.10. The second-order valence-corrected chi connectivity index (χ2v) is 4.74. The van der Waals surface area contributed by atoms with E-state index in [1.54, 1.807) is 10.9 Å². The molecule has 0 fully saturated rings. The molecule has 0 radical (unpaired) electrons. The molecule has 0 aliphatic rings. The molecule has 1 aromatic carbocycles. The van der Waals surface area contributed by atoms with E-state index < -0.39 is 5.97 Å². The Morgan fingerprint density at radius 1 is 1.29 bits per heavy atom.